The number of nitrogens with zero attached hydrogens (tertiary/aromatic N) is 2. The molecule has 2 heterocycles. The molecule has 0 amide bonds. The Hall–Kier alpha value is -2.05. The van der Waals surface area contributed by atoms with Crippen LogP contribution < -0.4 is 4.90 Å². The molecule has 1 aliphatic rings. The molecule has 1 N–H and O–H groups in total. The van der Waals surface area contributed by atoms with E-state index in [9.17, 15) is 0 Å². The number of aromatic nitrogens is 2. The predicted molar refractivity (Wildman–Crippen MR) is 89.4 cm³/mol. The molecule has 0 spiro atoms. The summed E-state index contributed by atoms with van der Waals surface area (Å²) in [5, 5.41) is 6.75. The number of H-pyrrole nitrogens is 1. The second kappa shape index (κ2) is 5.62. The molecular formula is C16H13N3OS2. The van der Waals surface area contributed by atoms with Crippen molar-refractivity contribution in [2.24, 2.45) is 0 Å². The normalized spacial score (nSPS) is 12.8. The van der Waals surface area contributed by atoms with E-state index in [2.05, 4.69) is 63.6 Å². The summed E-state index contributed by atoms with van der Waals surface area (Å²) < 4.78 is 5.37. The summed E-state index contributed by atoms with van der Waals surface area (Å²) in [7, 11) is 0. The maximum absolute atomic E-state index is 5.37. The third-order valence-corrected chi connectivity index (χ3v) is 4.87. The van der Waals surface area contributed by atoms with Crippen molar-refractivity contribution in [1.82, 2.24) is 10.2 Å². The van der Waals surface area contributed by atoms with Crippen LogP contribution in [0.25, 0.3) is 0 Å². The highest BCUT2D eigenvalue weighted by atomic mass is 32.2. The van der Waals surface area contributed by atoms with Gasteiger partial charge < -0.3 is 9.32 Å². The van der Waals surface area contributed by atoms with Gasteiger partial charge in [0, 0.05) is 22.8 Å². The van der Waals surface area contributed by atoms with Gasteiger partial charge in [-0.05, 0) is 36.5 Å². The summed E-state index contributed by atoms with van der Waals surface area (Å²) in [6, 6.07) is 16.9. The Bertz CT molecular complexity index is 826. The second-order valence-electron chi connectivity index (χ2n) is 4.95. The highest BCUT2D eigenvalue weighted by Crippen LogP contribution is 2.47. The van der Waals surface area contributed by atoms with Gasteiger partial charge in [0.1, 0.15) is 0 Å². The van der Waals surface area contributed by atoms with Gasteiger partial charge in [-0.15, -0.1) is 5.10 Å². The number of aromatic amines is 1. The van der Waals surface area contributed by atoms with E-state index in [-0.39, 0.29) is 0 Å². The van der Waals surface area contributed by atoms with Crippen LogP contribution in [0.5, 0.6) is 0 Å². The average molecular weight is 327 g/mol. The molecule has 0 bridgehead atoms. The Morgan fingerprint density at radius 3 is 2.27 bits per heavy atom. The third kappa shape index (κ3) is 2.44. The fourth-order valence-electron chi connectivity index (χ4n) is 2.60. The number of rotatable bonds is 3. The Morgan fingerprint density at radius 1 is 1.05 bits per heavy atom. The number of hydrogen-bond acceptors (Lipinski definition) is 5. The van der Waals surface area contributed by atoms with Gasteiger partial charge in [-0.3, -0.25) is 0 Å². The smallest absolute Gasteiger partial charge is 0.284 e. The summed E-state index contributed by atoms with van der Waals surface area (Å²) in [6.45, 7) is 0.789. The standard InChI is InChI=1S/C16H13N3OS2/c21-16-18-17-15(20-16)9-10-19-11-5-1-3-7-13(11)22-14-8-4-2-6-12(14)19/h1-8H,9-10H2,(H,18,21). The molecule has 0 saturated heterocycles. The fraction of sp³-hybridized carbons (Fsp3) is 0.125. The maximum Gasteiger partial charge on any atom is 0.284 e. The zero-order valence-corrected chi connectivity index (χ0v) is 13.3. The van der Waals surface area contributed by atoms with Crippen molar-refractivity contribution in [3.05, 3.63) is 59.3 Å². The summed E-state index contributed by atoms with van der Waals surface area (Å²) >= 11 is 6.74. The molecule has 4 rings (SSSR count). The van der Waals surface area contributed by atoms with Crippen LogP contribution in [-0.2, 0) is 6.42 Å². The minimum Gasteiger partial charge on any atom is -0.414 e. The minimum absolute atomic E-state index is 0.324. The highest BCUT2D eigenvalue weighted by molar-refractivity contribution is 7.99. The van der Waals surface area contributed by atoms with Crippen LogP contribution in [0.15, 0.2) is 62.7 Å². The molecule has 6 heteroatoms. The first kappa shape index (κ1) is 13.6. The Morgan fingerprint density at radius 2 is 1.68 bits per heavy atom. The van der Waals surface area contributed by atoms with E-state index in [1.165, 1.54) is 21.2 Å². The maximum atomic E-state index is 5.37. The monoisotopic (exact) mass is 327 g/mol. The second-order valence-corrected chi connectivity index (χ2v) is 6.40. The Labute approximate surface area is 137 Å². The van der Waals surface area contributed by atoms with E-state index in [0.29, 0.717) is 17.1 Å². The SMILES string of the molecule is S=c1[nH]nc(CCN2c3ccccc3Sc3ccccc32)o1. The lowest BCUT2D eigenvalue weighted by Gasteiger charge is -2.32. The van der Waals surface area contributed by atoms with Crippen LogP contribution in [0, 0.1) is 4.84 Å². The van der Waals surface area contributed by atoms with Gasteiger partial charge in [-0.25, -0.2) is 5.10 Å². The first-order valence-electron chi connectivity index (χ1n) is 6.99. The van der Waals surface area contributed by atoms with Crippen LogP contribution >= 0.6 is 24.0 Å². The molecule has 0 fully saturated rings. The molecule has 0 saturated carbocycles. The largest absolute Gasteiger partial charge is 0.414 e. The van der Waals surface area contributed by atoms with Crippen molar-refractivity contribution < 1.29 is 4.42 Å². The summed E-state index contributed by atoms with van der Waals surface area (Å²) in [5.41, 5.74) is 2.45. The zero-order chi connectivity index (χ0) is 14.9. The van der Waals surface area contributed by atoms with E-state index < -0.39 is 0 Å². The number of anilines is 2. The fourth-order valence-corrected chi connectivity index (χ4v) is 3.83. The molecule has 3 aromatic rings. The molecule has 22 heavy (non-hydrogen) atoms. The van der Waals surface area contributed by atoms with Gasteiger partial charge in [0.05, 0.1) is 11.4 Å². The van der Waals surface area contributed by atoms with Crippen LogP contribution in [0.1, 0.15) is 5.89 Å². The van der Waals surface area contributed by atoms with Crippen molar-refractivity contribution in [3.8, 4) is 0 Å². The van der Waals surface area contributed by atoms with E-state index in [1.807, 2.05) is 11.8 Å². The first-order valence-corrected chi connectivity index (χ1v) is 8.21. The number of fused-ring (bicyclic) bond motifs is 2. The third-order valence-electron chi connectivity index (χ3n) is 3.56. The Kier molecular flexibility index (Phi) is 3.48. The molecule has 1 aliphatic heterocycles. The van der Waals surface area contributed by atoms with E-state index in [1.54, 1.807) is 0 Å². The molecule has 2 aromatic carbocycles. The van der Waals surface area contributed by atoms with Crippen LogP contribution in [0.2, 0.25) is 0 Å². The Balaban J connectivity index is 1.69. The van der Waals surface area contributed by atoms with Crippen LogP contribution in [-0.4, -0.2) is 16.7 Å². The number of hydrogen-bond donors (Lipinski definition) is 1. The molecule has 110 valence electrons. The van der Waals surface area contributed by atoms with Gasteiger partial charge in [0.2, 0.25) is 5.89 Å². The summed E-state index contributed by atoms with van der Waals surface area (Å²) in [5.74, 6) is 0.637. The van der Waals surface area contributed by atoms with Crippen molar-refractivity contribution >= 4 is 35.4 Å². The molecule has 0 atom stereocenters. The zero-order valence-electron chi connectivity index (χ0n) is 11.7. The average Bonchev–Trinajstić information content (AvgIpc) is 2.97. The summed E-state index contributed by atoms with van der Waals surface area (Å²) in [4.78, 5) is 5.17. The van der Waals surface area contributed by atoms with Gasteiger partial charge >= 0.3 is 0 Å². The summed E-state index contributed by atoms with van der Waals surface area (Å²) in [6.07, 6.45) is 0.695. The van der Waals surface area contributed by atoms with Gasteiger partial charge in [0.25, 0.3) is 4.84 Å². The topological polar surface area (TPSA) is 45.1 Å². The lowest BCUT2D eigenvalue weighted by Crippen LogP contribution is -2.23. The highest BCUT2D eigenvalue weighted by Gasteiger charge is 2.22. The molecular weight excluding hydrogens is 314 g/mol. The van der Waals surface area contributed by atoms with E-state index >= 15 is 0 Å². The molecule has 1 aromatic heterocycles. The molecule has 4 nitrogen and oxygen atoms in total. The van der Waals surface area contributed by atoms with Crippen molar-refractivity contribution in [3.63, 3.8) is 0 Å². The number of nitrogens with one attached hydrogen (secondary N) is 1. The quantitative estimate of drug-likeness (QED) is 0.714. The molecule has 0 unspecified atom stereocenters. The lowest BCUT2D eigenvalue weighted by atomic mass is 10.2. The van der Waals surface area contributed by atoms with Crippen molar-refractivity contribution in [1.29, 1.82) is 0 Å². The number of para-hydroxylation sites is 2. The van der Waals surface area contributed by atoms with Crippen molar-refractivity contribution in [2.45, 2.75) is 16.2 Å². The molecule has 0 aliphatic carbocycles. The first-order chi connectivity index (χ1) is 10.8. The lowest BCUT2D eigenvalue weighted by molar-refractivity contribution is 0.481. The van der Waals surface area contributed by atoms with Gasteiger partial charge in [0.15, 0.2) is 0 Å². The van der Waals surface area contributed by atoms with Gasteiger partial charge in [-0.1, -0.05) is 36.0 Å². The van der Waals surface area contributed by atoms with Crippen LogP contribution in [0.4, 0.5) is 11.4 Å². The van der Waals surface area contributed by atoms with Crippen molar-refractivity contribution in [2.75, 3.05) is 11.4 Å². The number of benzene rings is 2. The van der Waals surface area contributed by atoms with Gasteiger partial charge in [-0.2, -0.15) is 0 Å². The molecule has 0 radical (unpaired) electrons. The van der Waals surface area contributed by atoms with Crippen LogP contribution in [0.3, 0.4) is 0 Å². The van der Waals surface area contributed by atoms with E-state index in [4.69, 9.17) is 16.6 Å². The van der Waals surface area contributed by atoms with E-state index in [0.717, 1.165) is 6.54 Å². The predicted octanol–water partition coefficient (Wildman–Crippen LogP) is 4.58. The minimum atomic E-state index is 0.324.